The summed E-state index contributed by atoms with van der Waals surface area (Å²) in [6.07, 6.45) is 3.68. The maximum absolute atomic E-state index is 12.3. The van der Waals surface area contributed by atoms with Crippen LogP contribution in [0.2, 0.25) is 0 Å². The number of imidazole rings is 1. The maximum atomic E-state index is 12.3. The zero-order chi connectivity index (χ0) is 19.2. The Morgan fingerprint density at radius 1 is 1.19 bits per heavy atom. The summed E-state index contributed by atoms with van der Waals surface area (Å²) < 4.78 is 7.23. The predicted octanol–water partition coefficient (Wildman–Crippen LogP) is 4.29. The monoisotopic (exact) mass is 381 g/mol. The Morgan fingerprint density at radius 2 is 1.96 bits per heavy atom. The SMILES string of the molecule is COc1ccc(Cn2ccnc2SCC(=O)Nc2cccc(C)c2C)cc1. The van der Waals surface area contributed by atoms with Crippen LogP contribution in [0.15, 0.2) is 60.0 Å². The van der Waals surface area contributed by atoms with Crippen LogP contribution < -0.4 is 10.1 Å². The Kier molecular flexibility index (Phi) is 6.19. The molecule has 0 bridgehead atoms. The molecule has 1 aromatic heterocycles. The summed E-state index contributed by atoms with van der Waals surface area (Å²) in [5, 5.41) is 3.81. The van der Waals surface area contributed by atoms with Crippen LogP contribution in [0.4, 0.5) is 5.69 Å². The molecule has 0 atom stereocenters. The number of nitrogens with one attached hydrogen (secondary N) is 1. The fraction of sp³-hybridized carbons (Fsp3) is 0.238. The number of anilines is 1. The number of amides is 1. The van der Waals surface area contributed by atoms with Crippen molar-refractivity contribution in [1.82, 2.24) is 9.55 Å². The zero-order valence-electron chi connectivity index (χ0n) is 15.7. The van der Waals surface area contributed by atoms with Gasteiger partial charge in [0.2, 0.25) is 5.91 Å². The molecule has 140 valence electrons. The highest BCUT2D eigenvalue weighted by Gasteiger charge is 2.10. The molecule has 0 unspecified atom stereocenters. The number of hydrogen-bond acceptors (Lipinski definition) is 4. The molecular formula is C21H23N3O2S. The van der Waals surface area contributed by atoms with Gasteiger partial charge < -0.3 is 14.6 Å². The molecule has 0 aliphatic carbocycles. The summed E-state index contributed by atoms with van der Waals surface area (Å²) in [4.78, 5) is 16.7. The number of ether oxygens (including phenoxy) is 1. The Hall–Kier alpha value is -2.73. The fourth-order valence-electron chi connectivity index (χ4n) is 2.69. The second kappa shape index (κ2) is 8.77. The van der Waals surface area contributed by atoms with Gasteiger partial charge in [0.15, 0.2) is 5.16 Å². The van der Waals surface area contributed by atoms with Crippen LogP contribution >= 0.6 is 11.8 Å². The van der Waals surface area contributed by atoms with Crippen LogP contribution in [0.1, 0.15) is 16.7 Å². The van der Waals surface area contributed by atoms with E-state index in [-0.39, 0.29) is 5.91 Å². The average Bonchev–Trinajstić information content (AvgIpc) is 3.11. The van der Waals surface area contributed by atoms with Crippen molar-refractivity contribution in [3.05, 3.63) is 71.5 Å². The number of thioether (sulfide) groups is 1. The molecule has 0 saturated carbocycles. The summed E-state index contributed by atoms with van der Waals surface area (Å²) in [7, 11) is 1.66. The molecular weight excluding hydrogens is 358 g/mol. The summed E-state index contributed by atoms with van der Waals surface area (Å²) in [5.74, 6) is 1.11. The first-order valence-corrected chi connectivity index (χ1v) is 9.68. The molecule has 27 heavy (non-hydrogen) atoms. The van der Waals surface area contributed by atoms with E-state index in [1.807, 2.05) is 67.1 Å². The molecule has 1 heterocycles. The van der Waals surface area contributed by atoms with Gasteiger partial charge >= 0.3 is 0 Å². The van der Waals surface area contributed by atoms with E-state index < -0.39 is 0 Å². The van der Waals surface area contributed by atoms with Gasteiger partial charge in [-0.25, -0.2) is 4.98 Å². The summed E-state index contributed by atoms with van der Waals surface area (Å²) in [6, 6.07) is 13.9. The predicted molar refractivity (Wildman–Crippen MR) is 110 cm³/mol. The van der Waals surface area contributed by atoms with Gasteiger partial charge in [-0.3, -0.25) is 4.79 Å². The number of rotatable bonds is 7. The van der Waals surface area contributed by atoms with E-state index in [9.17, 15) is 4.79 Å². The Morgan fingerprint density at radius 3 is 2.70 bits per heavy atom. The second-order valence-corrected chi connectivity index (χ2v) is 7.21. The van der Waals surface area contributed by atoms with Crippen molar-refractivity contribution in [3.8, 4) is 5.75 Å². The van der Waals surface area contributed by atoms with Gasteiger partial charge in [-0.05, 0) is 48.7 Å². The highest BCUT2D eigenvalue weighted by molar-refractivity contribution is 7.99. The fourth-order valence-corrected chi connectivity index (χ4v) is 3.45. The molecule has 3 rings (SSSR count). The molecule has 1 amide bonds. The lowest BCUT2D eigenvalue weighted by atomic mass is 10.1. The Bertz CT molecular complexity index is 919. The van der Waals surface area contributed by atoms with Gasteiger partial charge in [-0.2, -0.15) is 0 Å². The first kappa shape index (κ1) is 19.0. The van der Waals surface area contributed by atoms with Crippen LogP contribution in [-0.2, 0) is 11.3 Å². The number of aryl methyl sites for hydroxylation is 1. The van der Waals surface area contributed by atoms with Gasteiger partial charge in [0.05, 0.1) is 12.9 Å². The molecule has 0 saturated heterocycles. The molecule has 1 N–H and O–H groups in total. The molecule has 0 aliphatic rings. The molecule has 0 fully saturated rings. The van der Waals surface area contributed by atoms with Crippen molar-refractivity contribution in [1.29, 1.82) is 0 Å². The lowest BCUT2D eigenvalue weighted by molar-refractivity contribution is -0.113. The standard InChI is InChI=1S/C21H23N3O2S/c1-15-5-4-6-19(16(15)2)23-20(25)14-27-21-22-11-12-24(21)13-17-7-9-18(26-3)10-8-17/h4-12H,13-14H2,1-3H3,(H,23,25). The van der Waals surface area contributed by atoms with E-state index in [2.05, 4.69) is 10.3 Å². The molecule has 0 radical (unpaired) electrons. The van der Waals surface area contributed by atoms with Crippen molar-refractivity contribution in [2.24, 2.45) is 0 Å². The van der Waals surface area contributed by atoms with Crippen LogP contribution in [0.25, 0.3) is 0 Å². The van der Waals surface area contributed by atoms with Gasteiger partial charge in [0.25, 0.3) is 0 Å². The van der Waals surface area contributed by atoms with Gasteiger partial charge in [0, 0.05) is 24.6 Å². The van der Waals surface area contributed by atoms with Gasteiger partial charge in [-0.1, -0.05) is 36.0 Å². The largest absolute Gasteiger partial charge is 0.497 e. The summed E-state index contributed by atoms with van der Waals surface area (Å²) >= 11 is 1.43. The number of carbonyl (C=O) groups is 1. The first-order valence-electron chi connectivity index (χ1n) is 8.69. The zero-order valence-corrected chi connectivity index (χ0v) is 16.5. The average molecular weight is 382 g/mol. The molecule has 5 nitrogen and oxygen atoms in total. The van der Waals surface area contributed by atoms with Crippen LogP contribution in [-0.4, -0.2) is 28.3 Å². The number of carbonyl (C=O) groups excluding carboxylic acids is 1. The molecule has 0 spiro atoms. The number of nitrogens with zero attached hydrogens (tertiary/aromatic N) is 2. The van der Waals surface area contributed by atoms with Crippen LogP contribution in [0.5, 0.6) is 5.75 Å². The molecule has 2 aromatic carbocycles. The minimum atomic E-state index is -0.0345. The van der Waals surface area contributed by atoms with E-state index in [0.717, 1.165) is 33.3 Å². The van der Waals surface area contributed by atoms with Crippen molar-refractivity contribution in [2.45, 2.75) is 25.5 Å². The Labute approximate surface area is 163 Å². The van der Waals surface area contributed by atoms with Crippen molar-refractivity contribution in [3.63, 3.8) is 0 Å². The lowest BCUT2D eigenvalue weighted by Crippen LogP contribution is -2.15. The van der Waals surface area contributed by atoms with Crippen molar-refractivity contribution in [2.75, 3.05) is 18.2 Å². The lowest BCUT2D eigenvalue weighted by Gasteiger charge is -2.11. The van der Waals surface area contributed by atoms with Crippen LogP contribution in [0, 0.1) is 13.8 Å². The van der Waals surface area contributed by atoms with E-state index in [1.54, 1.807) is 13.3 Å². The Balaban J connectivity index is 1.59. The summed E-state index contributed by atoms with van der Waals surface area (Å²) in [6.45, 7) is 4.75. The van der Waals surface area contributed by atoms with E-state index in [0.29, 0.717) is 12.3 Å². The number of methoxy groups -OCH3 is 1. The van der Waals surface area contributed by atoms with Crippen molar-refractivity contribution >= 4 is 23.4 Å². The highest BCUT2D eigenvalue weighted by Crippen LogP contribution is 2.21. The minimum Gasteiger partial charge on any atom is -0.497 e. The third-order valence-electron chi connectivity index (χ3n) is 4.40. The molecule has 6 heteroatoms. The van der Waals surface area contributed by atoms with Gasteiger partial charge in [-0.15, -0.1) is 0 Å². The second-order valence-electron chi connectivity index (χ2n) is 6.27. The van der Waals surface area contributed by atoms with E-state index in [1.165, 1.54) is 11.8 Å². The normalized spacial score (nSPS) is 10.6. The van der Waals surface area contributed by atoms with E-state index >= 15 is 0 Å². The van der Waals surface area contributed by atoms with E-state index in [4.69, 9.17) is 4.74 Å². The first-order chi connectivity index (χ1) is 13.1. The number of hydrogen-bond donors (Lipinski definition) is 1. The maximum Gasteiger partial charge on any atom is 0.234 e. The minimum absolute atomic E-state index is 0.0345. The molecule has 0 aliphatic heterocycles. The van der Waals surface area contributed by atoms with Crippen LogP contribution in [0.3, 0.4) is 0 Å². The van der Waals surface area contributed by atoms with Crippen molar-refractivity contribution < 1.29 is 9.53 Å². The number of aromatic nitrogens is 2. The summed E-state index contributed by atoms with van der Waals surface area (Å²) in [5.41, 5.74) is 4.27. The topological polar surface area (TPSA) is 56.2 Å². The highest BCUT2D eigenvalue weighted by atomic mass is 32.2. The van der Waals surface area contributed by atoms with Gasteiger partial charge in [0.1, 0.15) is 5.75 Å². The third kappa shape index (κ3) is 4.92. The molecule has 3 aromatic rings. The quantitative estimate of drug-likeness (QED) is 0.621. The third-order valence-corrected chi connectivity index (χ3v) is 5.40. The smallest absolute Gasteiger partial charge is 0.234 e. The number of benzene rings is 2.